The number of likely N-dealkylation sites (N-methyl/N-ethyl adjacent to an activating group) is 2. The fourth-order valence-electron chi connectivity index (χ4n) is 1.52. The molecule has 0 unspecified atom stereocenters. The molecule has 0 spiro atoms. The first-order valence-electron chi connectivity index (χ1n) is 5.91. The van der Waals surface area contributed by atoms with E-state index in [0.717, 1.165) is 10.5 Å². The van der Waals surface area contributed by atoms with Crippen LogP contribution in [0.25, 0.3) is 0 Å². The molecule has 0 radical (unpaired) electrons. The quantitative estimate of drug-likeness (QED) is 0.762. The first-order chi connectivity index (χ1) is 9.35. The zero-order valence-corrected chi connectivity index (χ0v) is 11.6. The fraction of sp³-hybridized carbons (Fsp3) is 0.308. The lowest BCUT2D eigenvalue weighted by atomic mass is 10.1. The van der Waals surface area contributed by atoms with Crippen LogP contribution < -0.4 is 10.6 Å². The van der Waals surface area contributed by atoms with Gasteiger partial charge in [-0.15, -0.1) is 0 Å². The van der Waals surface area contributed by atoms with Crippen molar-refractivity contribution in [1.29, 1.82) is 0 Å². The number of amides is 3. The van der Waals surface area contributed by atoms with Crippen LogP contribution in [-0.4, -0.2) is 48.6 Å². The predicted molar refractivity (Wildman–Crippen MR) is 73.9 cm³/mol. The van der Waals surface area contributed by atoms with Crippen LogP contribution >= 0.6 is 0 Å². The zero-order chi connectivity index (χ0) is 15.3. The molecule has 0 aliphatic rings. The fourth-order valence-corrected chi connectivity index (χ4v) is 1.52. The summed E-state index contributed by atoms with van der Waals surface area (Å²) in [6.45, 7) is 1.65. The standard InChI is InChI=1S/C13H17N3O4/c1-8-4-5-10(9(6-8)12(18)19)15-13(20)16(3)7-11(17)14-2/h4-6H,7H2,1-3H3,(H,14,17)(H,15,20)(H,18,19). The van der Waals surface area contributed by atoms with Gasteiger partial charge in [0.15, 0.2) is 0 Å². The van der Waals surface area contributed by atoms with E-state index in [9.17, 15) is 14.4 Å². The first kappa shape index (κ1) is 15.5. The molecule has 0 bridgehead atoms. The van der Waals surface area contributed by atoms with Gasteiger partial charge in [-0.1, -0.05) is 11.6 Å². The lowest BCUT2D eigenvalue weighted by Gasteiger charge is -2.18. The molecule has 0 heterocycles. The molecule has 108 valence electrons. The number of hydrogen-bond donors (Lipinski definition) is 3. The number of hydrogen-bond acceptors (Lipinski definition) is 3. The molecule has 0 fully saturated rings. The molecule has 1 aromatic rings. The first-order valence-corrected chi connectivity index (χ1v) is 5.91. The van der Waals surface area contributed by atoms with Crippen LogP contribution in [0.2, 0.25) is 0 Å². The maximum atomic E-state index is 11.9. The van der Waals surface area contributed by atoms with E-state index in [1.54, 1.807) is 13.0 Å². The van der Waals surface area contributed by atoms with Crippen molar-refractivity contribution < 1.29 is 19.5 Å². The number of rotatable bonds is 4. The number of nitrogens with one attached hydrogen (secondary N) is 2. The van der Waals surface area contributed by atoms with Crippen LogP contribution in [0.5, 0.6) is 0 Å². The number of nitrogens with zero attached hydrogens (tertiary/aromatic N) is 1. The van der Waals surface area contributed by atoms with Gasteiger partial charge in [-0.05, 0) is 19.1 Å². The van der Waals surface area contributed by atoms with E-state index in [4.69, 9.17) is 5.11 Å². The summed E-state index contributed by atoms with van der Waals surface area (Å²) >= 11 is 0. The van der Waals surface area contributed by atoms with E-state index in [1.165, 1.54) is 26.2 Å². The van der Waals surface area contributed by atoms with Crippen LogP contribution in [-0.2, 0) is 4.79 Å². The second-order valence-corrected chi connectivity index (χ2v) is 4.31. The van der Waals surface area contributed by atoms with Crippen molar-refractivity contribution in [2.24, 2.45) is 0 Å². The highest BCUT2D eigenvalue weighted by Crippen LogP contribution is 2.17. The molecule has 0 atom stereocenters. The molecule has 0 aliphatic heterocycles. The molecule has 3 amide bonds. The third-order valence-corrected chi connectivity index (χ3v) is 2.65. The van der Waals surface area contributed by atoms with Crippen LogP contribution in [0, 0.1) is 6.92 Å². The van der Waals surface area contributed by atoms with Gasteiger partial charge in [0.25, 0.3) is 0 Å². The van der Waals surface area contributed by atoms with Gasteiger partial charge >= 0.3 is 12.0 Å². The summed E-state index contributed by atoms with van der Waals surface area (Å²) in [7, 11) is 2.91. The van der Waals surface area contributed by atoms with Gasteiger partial charge in [0, 0.05) is 14.1 Å². The summed E-state index contributed by atoms with van der Waals surface area (Å²) in [6, 6.07) is 4.13. The van der Waals surface area contributed by atoms with Crippen molar-refractivity contribution >= 4 is 23.6 Å². The number of anilines is 1. The largest absolute Gasteiger partial charge is 0.478 e. The molecule has 0 saturated carbocycles. The van der Waals surface area contributed by atoms with E-state index < -0.39 is 12.0 Å². The number of carboxylic acid groups (broad SMARTS) is 1. The van der Waals surface area contributed by atoms with Crippen LogP contribution in [0.4, 0.5) is 10.5 Å². The average molecular weight is 279 g/mol. The molecule has 20 heavy (non-hydrogen) atoms. The van der Waals surface area contributed by atoms with E-state index in [1.807, 2.05) is 0 Å². The van der Waals surface area contributed by atoms with Gasteiger partial charge in [0.2, 0.25) is 5.91 Å². The molecule has 0 aliphatic carbocycles. The van der Waals surface area contributed by atoms with E-state index in [-0.39, 0.29) is 23.7 Å². The van der Waals surface area contributed by atoms with E-state index in [0.29, 0.717) is 0 Å². The predicted octanol–water partition coefficient (Wildman–Crippen LogP) is 0.903. The summed E-state index contributed by atoms with van der Waals surface area (Å²) in [5.74, 6) is -1.44. The normalized spacial score (nSPS) is 9.75. The Labute approximate surface area is 116 Å². The molecule has 1 rings (SSSR count). The highest BCUT2D eigenvalue weighted by Gasteiger charge is 2.16. The third-order valence-electron chi connectivity index (χ3n) is 2.65. The number of benzene rings is 1. The Balaban J connectivity index is 2.85. The van der Waals surface area contributed by atoms with Gasteiger partial charge in [0.1, 0.15) is 6.54 Å². The maximum absolute atomic E-state index is 11.9. The Morgan fingerprint density at radius 2 is 1.95 bits per heavy atom. The molecule has 7 heteroatoms. The van der Waals surface area contributed by atoms with Gasteiger partial charge in [-0.3, -0.25) is 4.79 Å². The zero-order valence-electron chi connectivity index (χ0n) is 11.6. The highest BCUT2D eigenvalue weighted by molar-refractivity contribution is 6.00. The number of urea groups is 1. The third kappa shape index (κ3) is 3.98. The van der Waals surface area contributed by atoms with Gasteiger partial charge in [-0.25, -0.2) is 9.59 Å². The lowest BCUT2D eigenvalue weighted by Crippen LogP contribution is -2.39. The summed E-state index contributed by atoms with van der Waals surface area (Å²) < 4.78 is 0. The monoisotopic (exact) mass is 279 g/mol. The highest BCUT2D eigenvalue weighted by atomic mass is 16.4. The Bertz CT molecular complexity index is 542. The van der Waals surface area contributed by atoms with Crippen molar-refractivity contribution in [2.75, 3.05) is 26.0 Å². The van der Waals surface area contributed by atoms with Crippen molar-refractivity contribution in [3.05, 3.63) is 29.3 Å². The molecule has 1 aromatic carbocycles. The van der Waals surface area contributed by atoms with Crippen molar-refractivity contribution in [2.45, 2.75) is 6.92 Å². The number of aromatic carboxylic acids is 1. The molecular formula is C13H17N3O4. The van der Waals surface area contributed by atoms with E-state index >= 15 is 0 Å². The Hall–Kier alpha value is -2.57. The summed E-state index contributed by atoms with van der Waals surface area (Å²) in [5.41, 5.74) is 0.975. The molecule has 0 saturated heterocycles. The Kier molecular flexibility index (Phi) is 5.08. The van der Waals surface area contributed by atoms with Crippen molar-refractivity contribution in [1.82, 2.24) is 10.2 Å². The van der Waals surface area contributed by atoms with Crippen LogP contribution in [0.1, 0.15) is 15.9 Å². The minimum atomic E-state index is -1.13. The van der Waals surface area contributed by atoms with Crippen molar-refractivity contribution in [3.8, 4) is 0 Å². The smallest absolute Gasteiger partial charge is 0.337 e. The Morgan fingerprint density at radius 1 is 1.30 bits per heavy atom. The second-order valence-electron chi connectivity index (χ2n) is 4.31. The van der Waals surface area contributed by atoms with Crippen LogP contribution in [0.3, 0.4) is 0 Å². The van der Waals surface area contributed by atoms with E-state index in [2.05, 4.69) is 10.6 Å². The van der Waals surface area contributed by atoms with Gasteiger partial charge < -0.3 is 20.6 Å². The number of carboxylic acids is 1. The van der Waals surface area contributed by atoms with Gasteiger partial charge in [0.05, 0.1) is 11.3 Å². The van der Waals surface area contributed by atoms with Crippen LogP contribution in [0.15, 0.2) is 18.2 Å². The average Bonchev–Trinajstić information content (AvgIpc) is 2.40. The number of aryl methyl sites for hydroxylation is 1. The minimum Gasteiger partial charge on any atom is -0.478 e. The molecular weight excluding hydrogens is 262 g/mol. The second kappa shape index (κ2) is 6.55. The maximum Gasteiger partial charge on any atom is 0.337 e. The summed E-state index contributed by atoms with van der Waals surface area (Å²) in [5, 5.41) is 14.0. The molecule has 0 aromatic heterocycles. The molecule has 7 nitrogen and oxygen atoms in total. The SMILES string of the molecule is CNC(=O)CN(C)C(=O)Nc1ccc(C)cc1C(=O)O. The number of carbonyl (C=O) groups excluding carboxylic acids is 2. The van der Waals surface area contributed by atoms with Gasteiger partial charge in [-0.2, -0.15) is 0 Å². The number of carbonyl (C=O) groups is 3. The van der Waals surface area contributed by atoms with Crippen molar-refractivity contribution in [3.63, 3.8) is 0 Å². The summed E-state index contributed by atoms with van der Waals surface area (Å²) in [4.78, 5) is 35.3. The lowest BCUT2D eigenvalue weighted by molar-refractivity contribution is -0.120. The topological polar surface area (TPSA) is 98.7 Å². The summed E-state index contributed by atoms with van der Waals surface area (Å²) in [6.07, 6.45) is 0. The minimum absolute atomic E-state index is 0.00620. The Morgan fingerprint density at radius 3 is 2.50 bits per heavy atom. The molecule has 3 N–H and O–H groups in total.